The molecule has 1 heterocycles. The van der Waals surface area contributed by atoms with Crippen molar-refractivity contribution < 1.29 is 9.53 Å². The van der Waals surface area contributed by atoms with Crippen molar-refractivity contribution in [2.75, 3.05) is 6.61 Å². The first-order valence-electron chi connectivity index (χ1n) is 4.18. The van der Waals surface area contributed by atoms with Crippen LogP contribution in [0.25, 0.3) is 0 Å². The van der Waals surface area contributed by atoms with E-state index in [2.05, 4.69) is 4.99 Å². The first-order chi connectivity index (χ1) is 6.40. The monoisotopic (exact) mass is 175 g/mol. The van der Waals surface area contributed by atoms with Crippen molar-refractivity contribution in [2.45, 2.75) is 12.5 Å². The second-order valence-corrected chi connectivity index (χ2v) is 3.00. The van der Waals surface area contributed by atoms with Crippen LogP contribution in [-0.2, 0) is 11.2 Å². The minimum atomic E-state index is -0.0626. The summed E-state index contributed by atoms with van der Waals surface area (Å²) in [6.07, 6.45) is 2.33. The highest BCUT2D eigenvalue weighted by atomic mass is 16.5. The molecule has 1 aromatic rings. The molecule has 66 valence electrons. The number of hydrogen-bond donors (Lipinski definition) is 0. The van der Waals surface area contributed by atoms with Gasteiger partial charge in [0, 0.05) is 6.42 Å². The van der Waals surface area contributed by atoms with E-state index in [0.717, 1.165) is 17.7 Å². The topological polar surface area (TPSA) is 38.7 Å². The fourth-order valence-corrected chi connectivity index (χ4v) is 1.47. The first kappa shape index (κ1) is 8.02. The molecule has 0 aliphatic carbocycles. The summed E-state index contributed by atoms with van der Waals surface area (Å²) >= 11 is 0. The Bertz CT molecular complexity index is 356. The van der Waals surface area contributed by atoms with Crippen molar-refractivity contribution in [3.63, 3.8) is 0 Å². The van der Waals surface area contributed by atoms with Crippen molar-refractivity contribution in [1.29, 1.82) is 0 Å². The van der Waals surface area contributed by atoms with Crippen molar-refractivity contribution in [3.05, 3.63) is 29.8 Å². The van der Waals surface area contributed by atoms with Gasteiger partial charge >= 0.3 is 0 Å². The van der Waals surface area contributed by atoms with Gasteiger partial charge in [-0.1, -0.05) is 18.2 Å². The molecule has 1 aliphatic rings. The van der Waals surface area contributed by atoms with E-state index in [0.29, 0.717) is 6.61 Å². The number of para-hydroxylation sites is 1. The predicted octanol–water partition coefficient (Wildman–Crippen LogP) is 1.33. The Balaban J connectivity index is 2.24. The van der Waals surface area contributed by atoms with Crippen molar-refractivity contribution in [2.24, 2.45) is 4.99 Å². The van der Waals surface area contributed by atoms with Gasteiger partial charge in [0.15, 0.2) is 0 Å². The molecule has 0 spiro atoms. The smallest absolute Gasteiger partial charge is 0.235 e. The number of isocyanates is 1. The number of benzene rings is 1. The maximum atomic E-state index is 10.0. The minimum absolute atomic E-state index is 0.0626. The Hall–Kier alpha value is -1.60. The molecule has 1 atom stereocenters. The maximum Gasteiger partial charge on any atom is 0.235 e. The summed E-state index contributed by atoms with van der Waals surface area (Å²) in [6.45, 7) is 0.478. The quantitative estimate of drug-likeness (QED) is 0.477. The molecule has 0 saturated heterocycles. The molecule has 0 amide bonds. The van der Waals surface area contributed by atoms with Gasteiger partial charge in [-0.25, -0.2) is 4.79 Å². The van der Waals surface area contributed by atoms with E-state index in [-0.39, 0.29) is 6.04 Å². The summed E-state index contributed by atoms with van der Waals surface area (Å²) in [6, 6.07) is 7.74. The van der Waals surface area contributed by atoms with E-state index in [1.807, 2.05) is 24.3 Å². The molecular formula is C10H9NO2. The third-order valence-corrected chi connectivity index (χ3v) is 2.09. The van der Waals surface area contributed by atoms with Gasteiger partial charge in [0.25, 0.3) is 0 Å². The lowest BCUT2D eigenvalue weighted by atomic mass is 10.0. The number of carbonyl (C=O) groups excluding carboxylic acids is 1. The number of ether oxygens (including phenoxy) is 1. The SMILES string of the molecule is O=C=N[C@@H]1COc2ccccc2C1. The molecule has 0 N–H and O–H groups in total. The summed E-state index contributed by atoms with van der Waals surface area (Å²) in [5, 5.41) is 0. The summed E-state index contributed by atoms with van der Waals surface area (Å²) in [4.78, 5) is 13.7. The van der Waals surface area contributed by atoms with Gasteiger partial charge in [0.05, 0.1) is 0 Å². The molecular weight excluding hydrogens is 166 g/mol. The van der Waals surface area contributed by atoms with E-state index < -0.39 is 0 Å². The van der Waals surface area contributed by atoms with E-state index in [1.54, 1.807) is 6.08 Å². The van der Waals surface area contributed by atoms with E-state index in [9.17, 15) is 4.79 Å². The summed E-state index contributed by atoms with van der Waals surface area (Å²) in [5.41, 5.74) is 1.11. The second kappa shape index (κ2) is 3.42. The first-order valence-corrected chi connectivity index (χ1v) is 4.18. The molecule has 0 unspecified atom stereocenters. The lowest BCUT2D eigenvalue weighted by Crippen LogP contribution is -2.23. The van der Waals surface area contributed by atoms with Gasteiger partial charge in [0.2, 0.25) is 6.08 Å². The third kappa shape index (κ3) is 1.60. The standard InChI is InChI=1S/C10H9NO2/c12-7-11-9-5-8-3-1-2-4-10(8)13-6-9/h1-4,9H,5-6H2/t9-/m0/s1. The molecule has 3 nitrogen and oxygen atoms in total. The molecule has 0 bridgehead atoms. The zero-order valence-corrected chi connectivity index (χ0v) is 7.06. The zero-order chi connectivity index (χ0) is 9.10. The average Bonchev–Trinajstić information content (AvgIpc) is 2.18. The maximum absolute atomic E-state index is 10.0. The van der Waals surface area contributed by atoms with Crippen LogP contribution in [0, 0.1) is 0 Å². The highest BCUT2D eigenvalue weighted by molar-refractivity contribution is 5.38. The normalized spacial score (nSPS) is 19.5. The molecule has 13 heavy (non-hydrogen) atoms. The van der Waals surface area contributed by atoms with Crippen LogP contribution in [0.4, 0.5) is 0 Å². The lowest BCUT2D eigenvalue weighted by Gasteiger charge is -2.21. The number of fused-ring (bicyclic) bond motifs is 1. The van der Waals surface area contributed by atoms with E-state index >= 15 is 0 Å². The molecule has 0 aromatic heterocycles. The van der Waals surface area contributed by atoms with Gasteiger partial charge in [-0.3, -0.25) is 0 Å². The zero-order valence-electron chi connectivity index (χ0n) is 7.06. The van der Waals surface area contributed by atoms with Crippen LogP contribution in [0.2, 0.25) is 0 Å². The van der Waals surface area contributed by atoms with Gasteiger partial charge in [0.1, 0.15) is 18.4 Å². The van der Waals surface area contributed by atoms with E-state index in [4.69, 9.17) is 4.74 Å². The highest BCUT2D eigenvalue weighted by Crippen LogP contribution is 2.24. The number of nitrogens with zero attached hydrogens (tertiary/aromatic N) is 1. The van der Waals surface area contributed by atoms with Gasteiger partial charge in [-0.15, -0.1) is 0 Å². The van der Waals surface area contributed by atoms with Crippen molar-refractivity contribution >= 4 is 6.08 Å². The fourth-order valence-electron chi connectivity index (χ4n) is 1.47. The van der Waals surface area contributed by atoms with Gasteiger partial charge < -0.3 is 4.74 Å². The van der Waals surface area contributed by atoms with E-state index in [1.165, 1.54) is 0 Å². The number of rotatable bonds is 1. The predicted molar refractivity (Wildman–Crippen MR) is 47.6 cm³/mol. The number of hydrogen-bond acceptors (Lipinski definition) is 3. The number of aliphatic imine (C=N–C) groups is 1. The third-order valence-electron chi connectivity index (χ3n) is 2.09. The highest BCUT2D eigenvalue weighted by Gasteiger charge is 2.18. The molecule has 1 aliphatic heterocycles. The molecule has 3 heteroatoms. The fraction of sp³-hybridized carbons (Fsp3) is 0.300. The van der Waals surface area contributed by atoms with Crippen LogP contribution in [0.3, 0.4) is 0 Å². The summed E-state index contributed by atoms with van der Waals surface area (Å²) in [5.74, 6) is 0.903. The molecule has 0 fully saturated rings. The molecule has 0 radical (unpaired) electrons. The molecule has 0 saturated carbocycles. The van der Waals surface area contributed by atoms with Crippen LogP contribution in [0.15, 0.2) is 29.3 Å². The molecule has 1 aromatic carbocycles. The minimum Gasteiger partial charge on any atom is -0.491 e. The van der Waals surface area contributed by atoms with Gasteiger partial charge in [-0.05, 0) is 11.6 Å². The largest absolute Gasteiger partial charge is 0.491 e. The summed E-state index contributed by atoms with van der Waals surface area (Å²) < 4.78 is 5.42. The lowest BCUT2D eigenvalue weighted by molar-refractivity contribution is 0.264. The Morgan fingerprint density at radius 2 is 2.31 bits per heavy atom. The van der Waals surface area contributed by atoms with Gasteiger partial charge in [-0.2, -0.15) is 4.99 Å². The Morgan fingerprint density at radius 3 is 3.15 bits per heavy atom. The second-order valence-electron chi connectivity index (χ2n) is 3.00. The van der Waals surface area contributed by atoms with Crippen molar-refractivity contribution in [3.8, 4) is 5.75 Å². The van der Waals surface area contributed by atoms with Crippen LogP contribution in [0.1, 0.15) is 5.56 Å². The van der Waals surface area contributed by atoms with Crippen molar-refractivity contribution in [1.82, 2.24) is 0 Å². The van der Waals surface area contributed by atoms with Crippen LogP contribution in [0.5, 0.6) is 5.75 Å². The Morgan fingerprint density at radius 1 is 1.46 bits per heavy atom. The van der Waals surface area contributed by atoms with Crippen LogP contribution in [-0.4, -0.2) is 18.7 Å². The summed E-state index contributed by atoms with van der Waals surface area (Å²) in [7, 11) is 0. The molecule has 2 rings (SSSR count). The van der Waals surface area contributed by atoms with Crippen LogP contribution < -0.4 is 4.74 Å². The Kier molecular flexibility index (Phi) is 2.11. The average molecular weight is 175 g/mol. The Labute approximate surface area is 76.1 Å². The van der Waals surface area contributed by atoms with Crippen LogP contribution >= 0.6 is 0 Å².